The summed E-state index contributed by atoms with van der Waals surface area (Å²) in [5.41, 5.74) is 1.46. The van der Waals surface area contributed by atoms with Crippen molar-refractivity contribution >= 4 is 23.3 Å². The second-order valence-corrected chi connectivity index (χ2v) is 14.3. The maximum Gasteiger partial charge on any atom is 0.573 e. The maximum absolute atomic E-state index is 13.6. The molecule has 3 heterocycles. The fourth-order valence-electron chi connectivity index (χ4n) is 5.46. The van der Waals surface area contributed by atoms with Gasteiger partial charge in [-0.15, -0.1) is 13.2 Å². The number of benzene rings is 2. The standard InChI is InChI=1S/C29H27F6N6O2P/c1-4-44(42,5-2)17-11-12-19(22(13-17)43-29(33,34)35)27-36-25(26(40(27)3)16-9-10-16)18-7-6-8-21-20(18)15-41(39-21)24-14-23(37-38-24)28(30,31)32/h6-8,11-16H,4-5,9-10H2,1-3H3,(H,37,38). The van der Waals surface area contributed by atoms with Crippen LogP contribution in [0.2, 0.25) is 0 Å². The van der Waals surface area contributed by atoms with E-state index in [0.717, 1.165) is 24.6 Å². The van der Waals surface area contributed by atoms with E-state index in [2.05, 4.69) is 14.9 Å². The van der Waals surface area contributed by atoms with Crippen molar-refractivity contribution in [3.8, 4) is 34.2 Å². The lowest BCUT2D eigenvalue weighted by Crippen LogP contribution is -2.19. The van der Waals surface area contributed by atoms with E-state index in [0.29, 0.717) is 39.8 Å². The number of hydrogen-bond donors (Lipinski definition) is 1. The van der Waals surface area contributed by atoms with Crippen LogP contribution in [0.15, 0.2) is 48.7 Å². The summed E-state index contributed by atoms with van der Waals surface area (Å²) in [5, 5.41) is 11.0. The zero-order chi connectivity index (χ0) is 31.6. The number of imidazole rings is 1. The Morgan fingerprint density at radius 3 is 2.36 bits per heavy atom. The molecule has 6 rings (SSSR count). The molecule has 2 aromatic carbocycles. The van der Waals surface area contributed by atoms with E-state index in [1.165, 1.54) is 16.8 Å². The van der Waals surface area contributed by atoms with Crippen molar-refractivity contribution in [1.82, 2.24) is 29.5 Å². The molecule has 15 heteroatoms. The zero-order valence-corrected chi connectivity index (χ0v) is 24.7. The number of nitrogens with one attached hydrogen (secondary N) is 1. The molecule has 0 bridgehead atoms. The van der Waals surface area contributed by atoms with Crippen LogP contribution >= 0.6 is 7.14 Å². The third-order valence-electron chi connectivity index (χ3n) is 7.94. The highest BCUT2D eigenvalue weighted by molar-refractivity contribution is 7.71. The van der Waals surface area contributed by atoms with E-state index in [-0.39, 0.29) is 23.1 Å². The Labute approximate surface area is 247 Å². The minimum atomic E-state index is -5.00. The molecule has 1 fully saturated rings. The fourth-order valence-corrected chi connectivity index (χ4v) is 7.34. The summed E-state index contributed by atoms with van der Waals surface area (Å²) in [4.78, 5) is 4.84. The molecule has 0 saturated heterocycles. The molecule has 1 saturated carbocycles. The number of rotatable bonds is 8. The summed E-state index contributed by atoms with van der Waals surface area (Å²) in [7, 11) is -1.20. The van der Waals surface area contributed by atoms with Gasteiger partial charge in [-0.25, -0.2) is 9.67 Å². The van der Waals surface area contributed by atoms with Gasteiger partial charge in [0.15, 0.2) is 5.82 Å². The molecular weight excluding hydrogens is 609 g/mol. The third-order valence-corrected chi connectivity index (χ3v) is 11.2. The lowest BCUT2D eigenvalue weighted by molar-refractivity contribution is -0.274. The summed E-state index contributed by atoms with van der Waals surface area (Å²) in [6.45, 7) is 3.47. The van der Waals surface area contributed by atoms with E-state index < -0.39 is 31.1 Å². The van der Waals surface area contributed by atoms with Crippen LogP contribution in [0.3, 0.4) is 0 Å². The Morgan fingerprint density at radius 2 is 1.75 bits per heavy atom. The van der Waals surface area contributed by atoms with Gasteiger partial charge in [-0.1, -0.05) is 32.0 Å². The highest BCUT2D eigenvalue weighted by Crippen LogP contribution is 2.49. The average molecular weight is 637 g/mol. The zero-order valence-electron chi connectivity index (χ0n) is 23.8. The van der Waals surface area contributed by atoms with E-state index in [9.17, 15) is 30.9 Å². The molecule has 1 N–H and O–H groups in total. The number of aromatic amines is 1. The predicted molar refractivity (Wildman–Crippen MR) is 153 cm³/mol. The van der Waals surface area contributed by atoms with Crippen LogP contribution in [0.1, 0.15) is 44.0 Å². The topological polar surface area (TPSA) is 90.6 Å². The highest BCUT2D eigenvalue weighted by Gasteiger charge is 2.37. The van der Waals surface area contributed by atoms with E-state index in [1.54, 1.807) is 55.9 Å². The molecule has 0 amide bonds. The third kappa shape index (κ3) is 5.40. The quantitative estimate of drug-likeness (QED) is 0.140. The van der Waals surface area contributed by atoms with Crippen molar-refractivity contribution in [2.24, 2.45) is 7.05 Å². The minimum absolute atomic E-state index is 0.0610. The Morgan fingerprint density at radius 1 is 1.02 bits per heavy atom. The molecule has 8 nitrogen and oxygen atoms in total. The molecule has 5 aromatic rings. The van der Waals surface area contributed by atoms with Gasteiger partial charge in [-0.05, 0) is 31.0 Å². The van der Waals surface area contributed by atoms with Gasteiger partial charge in [0.2, 0.25) is 0 Å². The molecule has 3 aromatic heterocycles. The first-order valence-electron chi connectivity index (χ1n) is 13.9. The van der Waals surface area contributed by atoms with Gasteiger partial charge in [0, 0.05) is 59.5 Å². The first-order valence-corrected chi connectivity index (χ1v) is 16.0. The molecule has 44 heavy (non-hydrogen) atoms. The van der Waals surface area contributed by atoms with E-state index >= 15 is 0 Å². The van der Waals surface area contributed by atoms with Crippen molar-refractivity contribution < 1.29 is 35.6 Å². The van der Waals surface area contributed by atoms with Gasteiger partial charge in [0.25, 0.3) is 0 Å². The molecule has 232 valence electrons. The first kappa shape index (κ1) is 30.0. The van der Waals surface area contributed by atoms with Crippen LogP contribution in [0.4, 0.5) is 26.3 Å². The number of aromatic nitrogens is 6. The Balaban J connectivity index is 1.51. The van der Waals surface area contributed by atoms with Crippen molar-refractivity contribution in [2.45, 2.75) is 45.1 Å². The predicted octanol–water partition coefficient (Wildman–Crippen LogP) is 7.64. The second kappa shape index (κ2) is 10.5. The van der Waals surface area contributed by atoms with Crippen LogP contribution in [0.25, 0.3) is 39.4 Å². The van der Waals surface area contributed by atoms with E-state index in [4.69, 9.17) is 4.98 Å². The molecule has 0 unspecified atom stereocenters. The maximum atomic E-state index is 13.6. The number of halogens is 6. The highest BCUT2D eigenvalue weighted by atomic mass is 31.2. The number of fused-ring (bicyclic) bond motifs is 1. The molecule has 0 aliphatic heterocycles. The Hall–Kier alpha value is -4.06. The first-order chi connectivity index (χ1) is 20.7. The average Bonchev–Trinajstić information content (AvgIpc) is 3.35. The van der Waals surface area contributed by atoms with Crippen LogP contribution in [-0.4, -0.2) is 48.2 Å². The largest absolute Gasteiger partial charge is 0.573 e. The van der Waals surface area contributed by atoms with Crippen molar-refractivity contribution in [3.05, 3.63) is 60.0 Å². The number of alkyl halides is 6. The van der Waals surface area contributed by atoms with Crippen molar-refractivity contribution in [2.75, 3.05) is 12.3 Å². The number of hydrogen-bond acceptors (Lipinski definition) is 5. The normalized spacial score (nSPS) is 14.5. The summed E-state index contributed by atoms with van der Waals surface area (Å²) >= 11 is 0. The number of ether oxygens (including phenoxy) is 1. The smallest absolute Gasteiger partial charge is 0.405 e. The SMILES string of the molecule is CCP(=O)(CC)c1ccc(-c2nc(-c3cccc4nn(-c5cc(C(F)(F)F)[nH]n5)cc34)c(C3CC3)n2C)c(OC(F)(F)F)c1. The van der Waals surface area contributed by atoms with Gasteiger partial charge >= 0.3 is 12.5 Å². The van der Waals surface area contributed by atoms with Crippen LogP contribution in [0, 0.1) is 0 Å². The monoisotopic (exact) mass is 636 g/mol. The Kier molecular flexibility index (Phi) is 7.18. The lowest BCUT2D eigenvalue weighted by Gasteiger charge is -2.19. The van der Waals surface area contributed by atoms with Gasteiger partial charge in [-0.2, -0.15) is 23.4 Å². The van der Waals surface area contributed by atoms with Crippen molar-refractivity contribution in [1.29, 1.82) is 0 Å². The molecule has 0 atom stereocenters. The van der Waals surface area contributed by atoms with Gasteiger partial charge in [-0.3, -0.25) is 5.10 Å². The summed E-state index contributed by atoms with van der Waals surface area (Å²) in [6, 6.07) is 10.3. The Bertz CT molecular complexity index is 1910. The number of nitrogens with zero attached hydrogens (tertiary/aromatic N) is 5. The van der Waals surface area contributed by atoms with Crippen LogP contribution < -0.4 is 10.0 Å². The number of H-pyrrole nitrogens is 1. The van der Waals surface area contributed by atoms with Crippen LogP contribution in [-0.2, 0) is 17.8 Å². The summed E-state index contributed by atoms with van der Waals surface area (Å²) in [5.74, 6) is -0.228. The molecule has 0 spiro atoms. The second-order valence-electron chi connectivity index (χ2n) is 10.7. The van der Waals surface area contributed by atoms with Crippen molar-refractivity contribution in [3.63, 3.8) is 0 Å². The van der Waals surface area contributed by atoms with E-state index in [1.807, 2.05) is 5.10 Å². The van der Waals surface area contributed by atoms with Gasteiger partial charge in [0.1, 0.15) is 24.4 Å². The summed E-state index contributed by atoms with van der Waals surface area (Å²) in [6.07, 6.45) is -5.76. The molecule has 1 aliphatic rings. The molecular formula is C29H27F6N6O2P. The molecule has 0 radical (unpaired) electrons. The summed E-state index contributed by atoms with van der Waals surface area (Å²) < 4.78 is 101. The van der Waals surface area contributed by atoms with Gasteiger partial charge < -0.3 is 13.9 Å². The van der Waals surface area contributed by atoms with Crippen LogP contribution in [0.5, 0.6) is 5.75 Å². The fraction of sp³-hybridized carbons (Fsp3) is 0.345. The van der Waals surface area contributed by atoms with Gasteiger partial charge in [0.05, 0.1) is 16.8 Å². The molecule has 1 aliphatic carbocycles. The lowest BCUT2D eigenvalue weighted by atomic mass is 10.0. The minimum Gasteiger partial charge on any atom is -0.405 e.